The Balaban J connectivity index is 1.99. The van der Waals surface area contributed by atoms with Gasteiger partial charge in [-0.25, -0.2) is 0 Å². The summed E-state index contributed by atoms with van der Waals surface area (Å²) in [5.74, 6) is 0.860. The Morgan fingerprint density at radius 2 is 2.12 bits per heavy atom. The molecule has 1 aromatic rings. The molecule has 1 aromatic carbocycles. The number of nitrogens with two attached hydrogens (primary N) is 1. The molecule has 0 aromatic heterocycles. The van der Waals surface area contributed by atoms with Gasteiger partial charge >= 0.3 is 0 Å². The van der Waals surface area contributed by atoms with Crippen molar-refractivity contribution in [3.8, 4) is 0 Å². The zero-order valence-corrected chi connectivity index (χ0v) is 13.1. The summed E-state index contributed by atoms with van der Waals surface area (Å²) in [4.78, 5) is 0. The largest absolute Gasteiger partial charge is 0.398 e. The van der Waals surface area contributed by atoms with E-state index in [4.69, 9.17) is 5.73 Å². The van der Waals surface area contributed by atoms with Crippen LogP contribution in [-0.4, -0.2) is 6.04 Å². The van der Waals surface area contributed by atoms with Gasteiger partial charge < -0.3 is 11.1 Å². The molecule has 0 aliphatic heterocycles. The molecule has 0 unspecified atom stereocenters. The Labute approximate surface area is 120 Å². The van der Waals surface area contributed by atoms with Crippen LogP contribution in [-0.2, 0) is 6.54 Å². The highest BCUT2D eigenvalue weighted by Crippen LogP contribution is 2.29. The predicted molar refractivity (Wildman–Crippen MR) is 79.9 cm³/mol. The molecular formula is C13H18Br2N2. The SMILES string of the molecule is C[C@H]1CC[C@@H](NCc2cc(Br)cc(Br)c2N)C1. The summed E-state index contributed by atoms with van der Waals surface area (Å²) in [5, 5.41) is 3.60. The van der Waals surface area contributed by atoms with Crippen LogP contribution >= 0.6 is 31.9 Å². The van der Waals surface area contributed by atoms with Gasteiger partial charge in [0.1, 0.15) is 0 Å². The number of nitrogens with one attached hydrogen (secondary N) is 1. The van der Waals surface area contributed by atoms with Gasteiger partial charge in [-0.2, -0.15) is 0 Å². The molecule has 0 amide bonds. The fraction of sp³-hybridized carbons (Fsp3) is 0.538. The molecule has 0 spiro atoms. The van der Waals surface area contributed by atoms with Gasteiger partial charge in [-0.3, -0.25) is 0 Å². The molecule has 0 heterocycles. The lowest BCUT2D eigenvalue weighted by molar-refractivity contribution is 0.502. The minimum Gasteiger partial charge on any atom is -0.398 e. The first kappa shape index (κ1) is 13.4. The van der Waals surface area contributed by atoms with E-state index in [0.717, 1.165) is 32.7 Å². The summed E-state index contributed by atoms with van der Waals surface area (Å²) in [6.07, 6.45) is 3.92. The van der Waals surface area contributed by atoms with Gasteiger partial charge in [0.15, 0.2) is 0 Å². The van der Waals surface area contributed by atoms with E-state index in [2.05, 4.69) is 50.2 Å². The standard InChI is InChI=1S/C13H18Br2N2/c1-8-2-3-11(4-8)17-7-9-5-10(14)6-12(15)13(9)16/h5-6,8,11,17H,2-4,7,16H2,1H3/t8-,11+/m0/s1. The minimum absolute atomic E-state index is 0.655. The Hall–Kier alpha value is -0.0600. The van der Waals surface area contributed by atoms with Gasteiger partial charge in [0.25, 0.3) is 0 Å². The van der Waals surface area contributed by atoms with Crippen LogP contribution in [0.3, 0.4) is 0 Å². The molecule has 17 heavy (non-hydrogen) atoms. The molecule has 0 bridgehead atoms. The fourth-order valence-electron chi connectivity index (χ4n) is 2.43. The highest BCUT2D eigenvalue weighted by molar-refractivity contribution is 9.11. The first-order valence-electron chi connectivity index (χ1n) is 6.03. The predicted octanol–water partition coefficient (Wildman–Crippen LogP) is 4.07. The maximum absolute atomic E-state index is 6.06. The van der Waals surface area contributed by atoms with Gasteiger partial charge in [-0.15, -0.1) is 0 Å². The minimum atomic E-state index is 0.655. The average molecular weight is 362 g/mol. The van der Waals surface area contributed by atoms with Gasteiger partial charge in [0, 0.05) is 21.5 Å². The van der Waals surface area contributed by atoms with Crippen LogP contribution < -0.4 is 11.1 Å². The third kappa shape index (κ3) is 3.46. The van der Waals surface area contributed by atoms with Crippen molar-refractivity contribution < 1.29 is 0 Å². The average Bonchev–Trinajstić information content (AvgIpc) is 2.67. The topological polar surface area (TPSA) is 38.0 Å². The van der Waals surface area contributed by atoms with Gasteiger partial charge in [-0.1, -0.05) is 22.9 Å². The summed E-state index contributed by atoms with van der Waals surface area (Å²) in [5.41, 5.74) is 8.05. The number of halogens is 2. The molecule has 2 atom stereocenters. The maximum atomic E-state index is 6.06. The van der Waals surface area contributed by atoms with E-state index in [1.54, 1.807) is 0 Å². The number of benzene rings is 1. The number of nitrogen functional groups attached to an aromatic ring is 1. The molecule has 94 valence electrons. The zero-order valence-electron chi connectivity index (χ0n) is 9.97. The first-order valence-corrected chi connectivity index (χ1v) is 7.61. The highest BCUT2D eigenvalue weighted by atomic mass is 79.9. The Morgan fingerprint density at radius 1 is 1.35 bits per heavy atom. The summed E-state index contributed by atoms with van der Waals surface area (Å²) in [6, 6.07) is 4.73. The van der Waals surface area contributed by atoms with Gasteiger partial charge in [0.05, 0.1) is 5.69 Å². The van der Waals surface area contributed by atoms with Crippen molar-refractivity contribution in [2.24, 2.45) is 5.92 Å². The van der Waals surface area contributed by atoms with Crippen molar-refractivity contribution in [1.29, 1.82) is 0 Å². The lowest BCUT2D eigenvalue weighted by Gasteiger charge is -2.14. The second-order valence-corrected chi connectivity index (χ2v) is 6.73. The Bertz CT molecular complexity index is 407. The van der Waals surface area contributed by atoms with Crippen molar-refractivity contribution in [3.63, 3.8) is 0 Å². The Kier molecular flexibility index (Phi) is 4.50. The molecule has 3 N–H and O–H groups in total. The third-order valence-electron chi connectivity index (χ3n) is 3.46. The molecular weight excluding hydrogens is 344 g/mol. The summed E-state index contributed by atoms with van der Waals surface area (Å²) >= 11 is 6.97. The first-order chi connectivity index (χ1) is 8.06. The van der Waals surface area contributed by atoms with Crippen LogP contribution in [0, 0.1) is 5.92 Å². The van der Waals surface area contributed by atoms with E-state index in [-0.39, 0.29) is 0 Å². The Morgan fingerprint density at radius 3 is 2.76 bits per heavy atom. The maximum Gasteiger partial charge on any atom is 0.0504 e. The molecule has 2 rings (SSSR count). The molecule has 1 aliphatic carbocycles. The number of hydrogen-bond acceptors (Lipinski definition) is 2. The number of hydrogen-bond donors (Lipinski definition) is 2. The molecule has 2 nitrogen and oxygen atoms in total. The lowest BCUT2D eigenvalue weighted by atomic mass is 10.1. The molecule has 1 aliphatic rings. The van der Waals surface area contributed by atoms with E-state index in [1.807, 2.05) is 6.07 Å². The smallest absolute Gasteiger partial charge is 0.0504 e. The molecule has 1 fully saturated rings. The van der Waals surface area contributed by atoms with E-state index in [0.29, 0.717) is 6.04 Å². The van der Waals surface area contributed by atoms with E-state index in [9.17, 15) is 0 Å². The van der Waals surface area contributed by atoms with Crippen molar-refractivity contribution >= 4 is 37.5 Å². The number of anilines is 1. The van der Waals surface area contributed by atoms with Crippen LogP contribution in [0.2, 0.25) is 0 Å². The monoisotopic (exact) mass is 360 g/mol. The van der Waals surface area contributed by atoms with Crippen LogP contribution in [0.5, 0.6) is 0 Å². The van der Waals surface area contributed by atoms with Crippen LogP contribution in [0.25, 0.3) is 0 Å². The van der Waals surface area contributed by atoms with E-state index < -0.39 is 0 Å². The van der Waals surface area contributed by atoms with Crippen molar-refractivity contribution in [2.45, 2.75) is 38.8 Å². The zero-order chi connectivity index (χ0) is 12.4. The highest BCUT2D eigenvalue weighted by Gasteiger charge is 2.20. The fourth-order valence-corrected chi connectivity index (χ4v) is 3.74. The van der Waals surface area contributed by atoms with Crippen molar-refractivity contribution in [3.05, 3.63) is 26.6 Å². The van der Waals surface area contributed by atoms with Crippen LogP contribution in [0.4, 0.5) is 5.69 Å². The van der Waals surface area contributed by atoms with Crippen LogP contribution in [0.15, 0.2) is 21.1 Å². The van der Waals surface area contributed by atoms with Gasteiger partial charge in [-0.05, 0) is 58.8 Å². The summed E-state index contributed by atoms with van der Waals surface area (Å²) < 4.78 is 2.03. The molecule has 1 saturated carbocycles. The summed E-state index contributed by atoms with van der Waals surface area (Å²) in [6.45, 7) is 3.17. The second-order valence-electron chi connectivity index (χ2n) is 4.96. The summed E-state index contributed by atoms with van der Waals surface area (Å²) in [7, 11) is 0. The van der Waals surface area contributed by atoms with Crippen LogP contribution in [0.1, 0.15) is 31.7 Å². The molecule has 0 radical (unpaired) electrons. The van der Waals surface area contributed by atoms with E-state index >= 15 is 0 Å². The van der Waals surface area contributed by atoms with Gasteiger partial charge in [0.2, 0.25) is 0 Å². The molecule has 4 heteroatoms. The van der Waals surface area contributed by atoms with Crippen molar-refractivity contribution in [1.82, 2.24) is 5.32 Å². The van der Waals surface area contributed by atoms with Crippen molar-refractivity contribution in [2.75, 3.05) is 5.73 Å². The number of rotatable bonds is 3. The lowest BCUT2D eigenvalue weighted by Crippen LogP contribution is -2.26. The van der Waals surface area contributed by atoms with E-state index in [1.165, 1.54) is 19.3 Å². The quantitative estimate of drug-likeness (QED) is 0.796. The second kappa shape index (κ2) is 5.72. The third-order valence-corrected chi connectivity index (χ3v) is 4.57. The molecule has 0 saturated heterocycles. The normalized spacial score (nSPS) is 24.2.